The van der Waals surface area contributed by atoms with Crippen molar-refractivity contribution in [3.63, 3.8) is 0 Å². The summed E-state index contributed by atoms with van der Waals surface area (Å²) in [6.45, 7) is 4.97. The maximum atomic E-state index is 12.4. The summed E-state index contributed by atoms with van der Waals surface area (Å²) in [5, 5.41) is 0.761. The lowest BCUT2D eigenvalue weighted by atomic mass is 9.96. The van der Waals surface area contributed by atoms with Gasteiger partial charge in [0, 0.05) is 56.3 Å². The molecule has 3 saturated heterocycles. The molecule has 34 heavy (non-hydrogen) atoms. The summed E-state index contributed by atoms with van der Waals surface area (Å²) in [5.74, 6) is 1.11. The second-order valence-corrected chi connectivity index (χ2v) is 10.3. The first-order valence-corrected chi connectivity index (χ1v) is 12.9. The molecule has 1 amide bonds. The summed E-state index contributed by atoms with van der Waals surface area (Å²) < 4.78 is 6.35. The standard InChI is InChI=1S/C24H36ClN7O2/c25-18-6-4-17(5-7-18)13-20-16-34-21(14-31-10-2-1-3-22(31)33)15-32(20)19-8-11-30(12-9-19)24-27-23(26)28-29-24/h4-7,19-21,23,28H,1-3,8-16,26H2,(H,27,29). The summed E-state index contributed by atoms with van der Waals surface area (Å²) in [6.07, 6.45) is 5.50. The van der Waals surface area contributed by atoms with Crippen LogP contribution in [0, 0.1) is 0 Å². The third-order valence-electron chi connectivity index (χ3n) is 7.46. The minimum atomic E-state index is -0.381. The van der Waals surface area contributed by atoms with Gasteiger partial charge in [-0.15, -0.1) is 0 Å². The number of benzene rings is 1. The first kappa shape index (κ1) is 23.8. The Morgan fingerprint density at radius 2 is 1.94 bits per heavy atom. The summed E-state index contributed by atoms with van der Waals surface area (Å²) >= 11 is 6.11. The molecule has 0 aromatic heterocycles. The molecule has 3 atom stereocenters. The SMILES string of the molecule is NC1N=C(N2CCC(N3CC(CN4CCCCC4=O)OCC3Cc3ccc(Cl)cc3)CC2)NN1. The number of aliphatic imine (C=N–C) groups is 1. The monoisotopic (exact) mass is 489 g/mol. The number of amides is 1. The summed E-state index contributed by atoms with van der Waals surface area (Å²) in [7, 11) is 0. The highest BCUT2D eigenvalue weighted by molar-refractivity contribution is 6.30. The van der Waals surface area contributed by atoms with Crippen LogP contribution in [0.4, 0.5) is 0 Å². The van der Waals surface area contributed by atoms with Gasteiger partial charge >= 0.3 is 0 Å². The fraction of sp³-hybridized carbons (Fsp3) is 0.667. The van der Waals surface area contributed by atoms with Crippen LogP contribution in [-0.2, 0) is 16.0 Å². The fourth-order valence-corrected chi connectivity index (χ4v) is 5.74. The summed E-state index contributed by atoms with van der Waals surface area (Å²) in [6, 6.07) is 8.93. The number of hydrazine groups is 1. The minimum absolute atomic E-state index is 0.0598. The number of hydrogen-bond acceptors (Lipinski definition) is 8. The van der Waals surface area contributed by atoms with Crippen LogP contribution in [0.15, 0.2) is 29.3 Å². The molecular weight excluding hydrogens is 454 g/mol. The van der Waals surface area contributed by atoms with Crippen LogP contribution in [0.25, 0.3) is 0 Å². The van der Waals surface area contributed by atoms with Crippen LogP contribution in [0.3, 0.4) is 0 Å². The highest BCUT2D eigenvalue weighted by atomic mass is 35.5. The van der Waals surface area contributed by atoms with E-state index >= 15 is 0 Å². The van der Waals surface area contributed by atoms with E-state index in [1.807, 2.05) is 17.0 Å². The second kappa shape index (κ2) is 10.8. The smallest absolute Gasteiger partial charge is 0.222 e. The lowest BCUT2D eigenvalue weighted by Gasteiger charge is -2.47. The van der Waals surface area contributed by atoms with Crippen LogP contribution in [0.2, 0.25) is 5.02 Å². The topological polar surface area (TPSA) is 98.5 Å². The lowest BCUT2D eigenvalue weighted by Crippen LogP contribution is -2.60. The van der Waals surface area contributed by atoms with Crippen LogP contribution in [0.5, 0.6) is 0 Å². The number of nitrogens with zero attached hydrogens (tertiary/aromatic N) is 4. The van der Waals surface area contributed by atoms with Gasteiger partial charge in [0.25, 0.3) is 0 Å². The number of guanidine groups is 1. The van der Waals surface area contributed by atoms with Gasteiger partial charge in [0.1, 0.15) is 0 Å². The average Bonchev–Trinajstić information content (AvgIpc) is 3.29. The van der Waals surface area contributed by atoms with E-state index in [4.69, 9.17) is 22.1 Å². The Bertz CT molecular complexity index is 875. The Morgan fingerprint density at radius 1 is 1.15 bits per heavy atom. The quantitative estimate of drug-likeness (QED) is 0.570. The molecule has 0 aliphatic carbocycles. The number of nitrogens with two attached hydrogens (primary N) is 1. The number of hydrogen-bond donors (Lipinski definition) is 3. The first-order valence-electron chi connectivity index (χ1n) is 12.5. The second-order valence-electron chi connectivity index (χ2n) is 9.82. The molecule has 0 spiro atoms. The van der Waals surface area contributed by atoms with E-state index in [1.54, 1.807) is 0 Å². The number of carbonyl (C=O) groups excluding carboxylic acids is 1. The largest absolute Gasteiger partial charge is 0.373 e. The molecule has 1 aromatic carbocycles. The lowest BCUT2D eigenvalue weighted by molar-refractivity contribution is -0.139. The van der Waals surface area contributed by atoms with Crippen LogP contribution >= 0.6 is 11.6 Å². The van der Waals surface area contributed by atoms with Crippen molar-refractivity contribution in [3.8, 4) is 0 Å². The third kappa shape index (κ3) is 5.66. The third-order valence-corrected chi connectivity index (χ3v) is 7.72. The highest BCUT2D eigenvalue weighted by Gasteiger charge is 2.37. The minimum Gasteiger partial charge on any atom is -0.373 e. The molecule has 4 N–H and O–H groups in total. The molecule has 10 heteroatoms. The van der Waals surface area contributed by atoms with E-state index in [0.29, 0.717) is 31.7 Å². The molecule has 0 bridgehead atoms. The number of rotatable bonds is 5. The highest BCUT2D eigenvalue weighted by Crippen LogP contribution is 2.26. The van der Waals surface area contributed by atoms with Gasteiger partial charge in [-0.3, -0.25) is 20.9 Å². The van der Waals surface area contributed by atoms with Gasteiger partial charge in [0.2, 0.25) is 11.9 Å². The van der Waals surface area contributed by atoms with Crippen molar-refractivity contribution in [1.82, 2.24) is 25.6 Å². The molecule has 4 aliphatic rings. The summed E-state index contributed by atoms with van der Waals surface area (Å²) in [5.41, 5.74) is 13.1. The van der Waals surface area contributed by atoms with E-state index in [2.05, 4.69) is 37.8 Å². The maximum absolute atomic E-state index is 12.4. The number of piperidine rings is 2. The molecule has 3 unspecified atom stereocenters. The van der Waals surface area contributed by atoms with Crippen molar-refractivity contribution in [2.45, 2.75) is 63.0 Å². The Labute approximate surface area is 206 Å². The molecule has 9 nitrogen and oxygen atoms in total. The zero-order valence-electron chi connectivity index (χ0n) is 19.7. The Kier molecular flexibility index (Phi) is 7.55. The number of likely N-dealkylation sites (tertiary alicyclic amines) is 2. The van der Waals surface area contributed by atoms with Gasteiger partial charge in [0.15, 0.2) is 6.29 Å². The molecule has 1 aromatic rings. The number of morpholine rings is 1. The zero-order valence-corrected chi connectivity index (χ0v) is 20.4. The van der Waals surface area contributed by atoms with Crippen molar-refractivity contribution >= 4 is 23.5 Å². The van der Waals surface area contributed by atoms with Crippen LogP contribution < -0.4 is 16.6 Å². The van der Waals surface area contributed by atoms with Gasteiger partial charge in [0.05, 0.1) is 12.7 Å². The molecule has 4 aliphatic heterocycles. The van der Waals surface area contributed by atoms with Gasteiger partial charge in [-0.1, -0.05) is 23.7 Å². The predicted octanol–water partition coefficient (Wildman–Crippen LogP) is 1.13. The molecule has 0 saturated carbocycles. The van der Waals surface area contributed by atoms with Gasteiger partial charge in [-0.05, 0) is 49.8 Å². The van der Waals surface area contributed by atoms with Crippen molar-refractivity contribution in [2.75, 3.05) is 39.3 Å². The van der Waals surface area contributed by atoms with Crippen molar-refractivity contribution in [1.29, 1.82) is 0 Å². The van der Waals surface area contributed by atoms with E-state index in [1.165, 1.54) is 5.56 Å². The van der Waals surface area contributed by atoms with Crippen molar-refractivity contribution in [2.24, 2.45) is 10.7 Å². The van der Waals surface area contributed by atoms with Gasteiger partial charge in [-0.2, -0.15) is 5.43 Å². The Balaban J connectivity index is 1.25. The van der Waals surface area contributed by atoms with E-state index in [-0.39, 0.29) is 18.3 Å². The normalized spacial score (nSPS) is 29.3. The van der Waals surface area contributed by atoms with E-state index in [0.717, 1.165) is 69.3 Å². The number of nitrogens with one attached hydrogen (secondary N) is 2. The summed E-state index contributed by atoms with van der Waals surface area (Å²) in [4.78, 5) is 23.7. The van der Waals surface area contributed by atoms with Crippen molar-refractivity contribution in [3.05, 3.63) is 34.9 Å². The molecule has 5 rings (SSSR count). The van der Waals surface area contributed by atoms with E-state index < -0.39 is 0 Å². The Hall–Kier alpha value is -1.91. The molecule has 4 heterocycles. The zero-order chi connectivity index (χ0) is 23.5. The fourth-order valence-electron chi connectivity index (χ4n) is 5.61. The maximum Gasteiger partial charge on any atom is 0.222 e. The van der Waals surface area contributed by atoms with E-state index in [9.17, 15) is 4.79 Å². The molecule has 0 radical (unpaired) electrons. The van der Waals surface area contributed by atoms with Crippen molar-refractivity contribution < 1.29 is 9.53 Å². The first-order chi connectivity index (χ1) is 16.5. The molecule has 186 valence electrons. The predicted molar refractivity (Wildman–Crippen MR) is 132 cm³/mol. The average molecular weight is 490 g/mol. The van der Waals surface area contributed by atoms with Gasteiger partial charge < -0.3 is 14.5 Å². The van der Waals surface area contributed by atoms with Crippen LogP contribution in [-0.4, -0.2) is 90.4 Å². The number of carbonyl (C=O) groups is 1. The molecular formula is C24H36ClN7O2. The Morgan fingerprint density at radius 3 is 2.65 bits per heavy atom. The number of ether oxygens (including phenoxy) is 1. The van der Waals surface area contributed by atoms with Crippen LogP contribution in [0.1, 0.15) is 37.7 Å². The van der Waals surface area contributed by atoms with Gasteiger partial charge in [-0.25, -0.2) is 4.99 Å². The molecule has 3 fully saturated rings. The number of halogens is 1.